The third kappa shape index (κ3) is 2.63. The van der Waals surface area contributed by atoms with Gasteiger partial charge < -0.3 is 15.0 Å². The van der Waals surface area contributed by atoms with Gasteiger partial charge in [0.05, 0.1) is 5.52 Å². The highest BCUT2D eigenvalue weighted by Gasteiger charge is 2.26. The van der Waals surface area contributed by atoms with Crippen LogP contribution in [-0.4, -0.2) is 20.6 Å². The zero-order chi connectivity index (χ0) is 16.8. The van der Waals surface area contributed by atoms with Crippen LogP contribution in [0.2, 0.25) is 0 Å². The fourth-order valence-electron chi connectivity index (χ4n) is 3.01. The van der Waals surface area contributed by atoms with Crippen LogP contribution in [-0.2, 0) is 7.05 Å². The zero-order valence-electron chi connectivity index (χ0n) is 13.2. The van der Waals surface area contributed by atoms with Crippen molar-refractivity contribution in [1.82, 2.24) is 9.55 Å². The molecule has 0 aliphatic heterocycles. The summed E-state index contributed by atoms with van der Waals surface area (Å²) in [4.78, 5) is 16.8. The van der Waals surface area contributed by atoms with E-state index in [1.54, 1.807) is 12.3 Å². The molecule has 1 aromatic carbocycles. The van der Waals surface area contributed by atoms with Gasteiger partial charge in [0.1, 0.15) is 11.4 Å². The molecular formula is C18H17N3O2S. The third-order valence-corrected chi connectivity index (χ3v) is 4.74. The molecule has 1 fully saturated rings. The summed E-state index contributed by atoms with van der Waals surface area (Å²) in [5.41, 5.74) is 3.02. The van der Waals surface area contributed by atoms with E-state index < -0.39 is 5.97 Å². The molecule has 0 spiro atoms. The molecule has 5 nitrogen and oxygen atoms in total. The summed E-state index contributed by atoms with van der Waals surface area (Å²) < 4.78 is 2.01. The Morgan fingerprint density at radius 1 is 1.38 bits per heavy atom. The highest BCUT2D eigenvalue weighted by Crippen LogP contribution is 2.40. The molecule has 0 unspecified atom stereocenters. The van der Waals surface area contributed by atoms with Crippen molar-refractivity contribution >= 4 is 41.0 Å². The summed E-state index contributed by atoms with van der Waals surface area (Å²) in [7, 11) is 1.97. The molecule has 3 aromatic rings. The van der Waals surface area contributed by atoms with E-state index in [1.807, 2.05) is 36.0 Å². The SMILES string of the molecule is Cn1ccc2cc(Nc3ncc(C4CC4)cc3C(=O)O)cc(S)c21. The minimum atomic E-state index is -0.973. The fourth-order valence-corrected chi connectivity index (χ4v) is 3.44. The Balaban J connectivity index is 1.73. The van der Waals surface area contributed by atoms with Crippen LogP contribution in [0.1, 0.15) is 34.7 Å². The van der Waals surface area contributed by atoms with Crippen molar-refractivity contribution in [1.29, 1.82) is 0 Å². The molecular weight excluding hydrogens is 322 g/mol. The number of rotatable bonds is 4. The van der Waals surface area contributed by atoms with E-state index in [-0.39, 0.29) is 5.56 Å². The van der Waals surface area contributed by atoms with Crippen molar-refractivity contribution in [3.8, 4) is 0 Å². The molecule has 2 N–H and O–H groups in total. The Kier molecular flexibility index (Phi) is 3.49. The average Bonchev–Trinajstić information content (AvgIpc) is 3.31. The molecule has 1 aliphatic carbocycles. The Hall–Kier alpha value is -2.47. The summed E-state index contributed by atoms with van der Waals surface area (Å²) in [5, 5.41) is 13.7. The number of carboxylic acids is 1. The first-order valence-electron chi connectivity index (χ1n) is 7.81. The summed E-state index contributed by atoms with van der Waals surface area (Å²) >= 11 is 4.54. The molecule has 122 valence electrons. The number of hydrogen-bond acceptors (Lipinski definition) is 4. The lowest BCUT2D eigenvalue weighted by Crippen LogP contribution is -2.06. The molecule has 6 heteroatoms. The van der Waals surface area contributed by atoms with Crippen molar-refractivity contribution in [2.75, 3.05) is 5.32 Å². The van der Waals surface area contributed by atoms with Gasteiger partial charge in [-0.1, -0.05) is 0 Å². The number of aryl methyl sites for hydroxylation is 1. The second kappa shape index (κ2) is 5.56. The van der Waals surface area contributed by atoms with Crippen LogP contribution in [0.4, 0.5) is 11.5 Å². The van der Waals surface area contributed by atoms with Crippen molar-refractivity contribution < 1.29 is 9.90 Å². The van der Waals surface area contributed by atoms with E-state index in [0.29, 0.717) is 11.7 Å². The van der Waals surface area contributed by atoms with Crippen molar-refractivity contribution in [2.45, 2.75) is 23.7 Å². The van der Waals surface area contributed by atoms with Crippen molar-refractivity contribution in [3.63, 3.8) is 0 Å². The summed E-state index contributed by atoms with van der Waals surface area (Å²) in [6, 6.07) is 7.59. The number of aromatic nitrogens is 2. The topological polar surface area (TPSA) is 67.2 Å². The molecule has 1 saturated carbocycles. The van der Waals surface area contributed by atoms with Gasteiger partial charge in [0.15, 0.2) is 0 Å². The van der Waals surface area contributed by atoms with Gasteiger partial charge in [-0.25, -0.2) is 9.78 Å². The van der Waals surface area contributed by atoms with E-state index >= 15 is 0 Å². The Bertz CT molecular complexity index is 960. The number of carboxylic acid groups (broad SMARTS) is 1. The standard InChI is InChI=1S/C18H17N3O2S/c1-21-5-4-11-6-13(8-15(24)16(11)21)20-17-14(18(22)23)7-12(9-19-17)10-2-3-10/h4-10,24H,2-3H2,1H3,(H,19,20)(H,22,23). The molecule has 0 bridgehead atoms. The first-order valence-corrected chi connectivity index (χ1v) is 8.26. The number of carbonyl (C=O) groups is 1. The second-order valence-electron chi connectivity index (χ2n) is 6.23. The average molecular weight is 339 g/mol. The summed E-state index contributed by atoms with van der Waals surface area (Å²) in [5.74, 6) is -0.149. The maximum Gasteiger partial charge on any atom is 0.339 e. The molecule has 0 saturated heterocycles. The number of nitrogens with zero attached hydrogens (tertiary/aromatic N) is 2. The maximum atomic E-state index is 11.6. The van der Waals surface area contributed by atoms with E-state index in [4.69, 9.17) is 0 Å². The van der Waals surface area contributed by atoms with Crippen molar-refractivity contribution in [2.24, 2.45) is 7.05 Å². The molecule has 0 radical (unpaired) electrons. The normalized spacial score (nSPS) is 14.1. The number of fused-ring (bicyclic) bond motifs is 1. The van der Waals surface area contributed by atoms with Crippen LogP contribution in [0.5, 0.6) is 0 Å². The highest BCUT2D eigenvalue weighted by molar-refractivity contribution is 7.80. The van der Waals surface area contributed by atoms with Crippen LogP contribution >= 0.6 is 12.6 Å². The van der Waals surface area contributed by atoms with Crippen LogP contribution < -0.4 is 5.32 Å². The number of thiol groups is 1. The molecule has 24 heavy (non-hydrogen) atoms. The lowest BCUT2D eigenvalue weighted by Gasteiger charge is -2.11. The van der Waals surface area contributed by atoms with Crippen molar-refractivity contribution in [3.05, 3.63) is 47.8 Å². The fraction of sp³-hybridized carbons (Fsp3) is 0.222. The predicted molar refractivity (Wildman–Crippen MR) is 96.6 cm³/mol. The van der Waals surface area contributed by atoms with Gasteiger partial charge in [-0.05, 0) is 48.6 Å². The number of hydrogen-bond donors (Lipinski definition) is 3. The van der Waals surface area contributed by atoms with Crippen LogP contribution in [0.25, 0.3) is 10.9 Å². The van der Waals surface area contributed by atoms with Gasteiger partial charge in [-0.2, -0.15) is 0 Å². The molecule has 2 aromatic heterocycles. The first kappa shape index (κ1) is 15.1. The minimum absolute atomic E-state index is 0.202. The monoisotopic (exact) mass is 339 g/mol. The largest absolute Gasteiger partial charge is 0.478 e. The van der Waals surface area contributed by atoms with Crippen LogP contribution in [0.15, 0.2) is 41.6 Å². The highest BCUT2D eigenvalue weighted by atomic mass is 32.1. The smallest absolute Gasteiger partial charge is 0.339 e. The molecule has 1 aliphatic rings. The quantitative estimate of drug-likeness (QED) is 0.624. The van der Waals surface area contributed by atoms with E-state index in [2.05, 4.69) is 22.9 Å². The maximum absolute atomic E-state index is 11.6. The van der Waals surface area contributed by atoms with E-state index in [1.165, 1.54) is 0 Å². The zero-order valence-corrected chi connectivity index (χ0v) is 14.0. The Labute approximate surface area is 144 Å². The Morgan fingerprint density at radius 2 is 2.17 bits per heavy atom. The van der Waals surface area contributed by atoms with Gasteiger partial charge in [0.25, 0.3) is 0 Å². The van der Waals surface area contributed by atoms with E-state index in [0.717, 1.165) is 39.9 Å². The lowest BCUT2D eigenvalue weighted by molar-refractivity contribution is 0.0697. The third-order valence-electron chi connectivity index (χ3n) is 4.40. The molecule has 0 amide bonds. The van der Waals surface area contributed by atoms with Gasteiger partial charge in [-0.3, -0.25) is 0 Å². The van der Waals surface area contributed by atoms with Crippen LogP contribution in [0.3, 0.4) is 0 Å². The Morgan fingerprint density at radius 3 is 2.88 bits per heavy atom. The molecule has 2 heterocycles. The number of benzene rings is 1. The van der Waals surface area contributed by atoms with Gasteiger partial charge in [0.2, 0.25) is 0 Å². The van der Waals surface area contributed by atoms with Gasteiger partial charge in [-0.15, -0.1) is 12.6 Å². The minimum Gasteiger partial charge on any atom is -0.478 e. The summed E-state index contributed by atoms with van der Waals surface area (Å²) in [6.45, 7) is 0. The second-order valence-corrected chi connectivity index (χ2v) is 6.71. The van der Waals surface area contributed by atoms with Gasteiger partial charge in [0, 0.05) is 35.4 Å². The lowest BCUT2D eigenvalue weighted by atomic mass is 10.1. The van der Waals surface area contributed by atoms with Crippen LogP contribution in [0, 0.1) is 0 Å². The van der Waals surface area contributed by atoms with E-state index in [9.17, 15) is 9.90 Å². The summed E-state index contributed by atoms with van der Waals surface area (Å²) in [6.07, 6.45) is 5.97. The molecule has 4 rings (SSSR count). The first-order chi connectivity index (χ1) is 11.5. The number of anilines is 2. The molecule has 0 atom stereocenters. The predicted octanol–water partition coefficient (Wildman–Crippen LogP) is 4.18. The van der Waals surface area contributed by atoms with Gasteiger partial charge >= 0.3 is 5.97 Å². The number of aromatic carboxylic acids is 1. The number of pyridine rings is 1. The number of nitrogens with one attached hydrogen (secondary N) is 1.